The van der Waals surface area contributed by atoms with Crippen molar-refractivity contribution < 1.29 is 14.7 Å². The van der Waals surface area contributed by atoms with Gasteiger partial charge in [0.1, 0.15) is 0 Å². The lowest BCUT2D eigenvalue weighted by molar-refractivity contribution is -0.146. The lowest BCUT2D eigenvalue weighted by Crippen LogP contribution is -2.36. The first-order chi connectivity index (χ1) is 11.1. The minimum Gasteiger partial charge on any atom is -0.479 e. The highest BCUT2D eigenvalue weighted by atomic mass is 16.4. The number of aromatic nitrogens is 4. The lowest BCUT2D eigenvalue weighted by Gasteiger charge is -2.19. The smallest absolute Gasteiger partial charge is 0.331 e. The molecule has 0 aromatic carbocycles. The molecule has 0 radical (unpaired) electrons. The van der Waals surface area contributed by atoms with Crippen LogP contribution in [-0.4, -0.2) is 36.5 Å². The predicted octanol–water partition coefficient (Wildman–Crippen LogP) is 1.80. The normalized spacial score (nSPS) is 12.9. The highest BCUT2D eigenvalue weighted by molar-refractivity contribution is 5.95. The van der Waals surface area contributed by atoms with Crippen LogP contribution in [0.2, 0.25) is 0 Å². The summed E-state index contributed by atoms with van der Waals surface area (Å²) in [6.45, 7) is 8.68. The predicted molar refractivity (Wildman–Crippen MR) is 88.9 cm³/mol. The Morgan fingerprint density at radius 3 is 2.42 bits per heavy atom. The van der Waals surface area contributed by atoms with Crippen molar-refractivity contribution in [1.82, 2.24) is 19.6 Å². The number of amides is 1. The molecule has 1 atom stereocenters. The summed E-state index contributed by atoms with van der Waals surface area (Å²) in [6, 6.07) is 1.58. The monoisotopic (exact) mass is 333 g/mol. The van der Waals surface area contributed by atoms with Crippen LogP contribution in [0.15, 0.2) is 12.3 Å². The number of aryl methyl sites for hydroxylation is 2. The number of nitrogens with one attached hydrogen (secondary N) is 1. The molecule has 0 aliphatic heterocycles. The van der Waals surface area contributed by atoms with Crippen molar-refractivity contribution in [3.05, 3.63) is 29.2 Å². The van der Waals surface area contributed by atoms with Gasteiger partial charge in [-0.2, -0.15) is 10.2 Å². The Kier molecular flexibility index (Phi) is 4.50. The van der Waals surface area contributed by atoms with E-state index >= 15 is 0 Å². The van der Waals surface area contributed by atoms with Gasteiger partial charge < -0.3 is 10.4 Å². The topological polar surface area (TPSA) is 102 Å². The molecule has 2 aromatic rings. The van der Waals surface area contributed by atoms with Gasteiger partial charge in [0, 0.05) is 30.6 Å². The van der Waals surface area contributed by atoms with Gasteiger partial charge in [0.2, 0.25) is 5.91 Å². The second-order valence-corrected chi connectivity index (χ2v) is 6.43. The van der Waals surface area contributed by atoms with Crippen molar-refractivity contribution in [3.63, 3.8) is 0 Å². The first kappa shape index (κ1) is 17.7. The van der Waals surface area contributed by atoms with Crippen LogP contribution in [0.1, 0.15) is 43.6 Å². The minimum atomic E-state index is -1.19. The Morgan fingerprint density at radius 2 is 1.92 bits per heavy atom. The summed E-state index contributed by atoms with van der Waals surface area (Å²) in [4.78, 5) is 23.8. The molecule has 1 amide bonds. The summed E-state index contributed by atoms with van der Waals surface area (Å²) >= 11 is 0. The number of carboxylic acid groups (broad SMARTS) is 1. The lowest BCUT2D eigenvalue weighted by atomic mass is 9.98. The molecule has 2 rings (SSSR count). The zero-order chi connectivity index (χ0) is 18.2. The fraction of sp³-hybridized carbons (Fsp3) is 0.500. The molecule has 2 aromatic heterocycles. The van der Waals surface area contributed by atoms with E-state index < -0.39 is 17.4 Å². The summed E-state index contributed by atoms with van der Waals surface area (Å²) in [5.41, 5.74) is 1.45. The summed E-state index contributed by atoms with van der Waals surface area (Å²) in [7, 11) is 1.84. The highest BCUT2D eigenvalue weighted by Crippen LogP contribution is 2.24. The maximum absolute atomic E-state index is 12.5. The third-order valence-electron chi connectivity index (χ3n) is 4.33. The molecular weight excluding hydrogens is 310 g/mol. The van der Waals surface area contributed by atoms with Crippen molar-refractivity contribution in [2.24, 2.45) is 7.05 Å². The Balaban J connectivity index is 2.18. The average Bonchev–Trinajstić information content (AvgIpc) is 3.04. The van der Waals surface area contributed by atoms with E-state index in [1.54, 1.807) is 24.6 Å². The zero-order valence-electron chi connectivity index (χ0n) is 14.8. The molecule has 24 heavy (non-hydrogen) atoms. The van der Waals surface area contributed by atoms with Crippen LogP contribution in [0.25, 0.3) is 0 Å². The number of carbonyl (C=O) groups excluding carboxylic acids is 1. The molecule has 0 bridgehead atoms. The van der Waals surface area contributed by atoms with Gasteiger partial charge in [-0.25, -0.2) is 4.79 Å². The van der Waals surface area contributed by atoms with Gasteiger partial charge in [-0.1, -0.05) is 0 Å². The summed E-state index contributed by atoms with van der Waals surface area (Å²) in [5, 5.41) is 20.4. The van der Waals surface area contributed by atoms with Crippen LogP contribution in [0, 0.1) is 13.8 Å². The van der Waals surface area contributed by atoms with Gasteiger partial charge in [-0.3, -0.25) is 14.2 Å². The molecule has 0 saturated heterocycles. The van der Waals surface area contributed by atoms with E-state index in [9.17, 15) is 14.7 Å². The van der Waals surface area contributed by atoms with E-state index in [0.29, 0.717) is 5.82 Å². The zero-order valence-corrected chi connectivity index (χ0v) is 14.8. The van der Waals surface area contributed by atoms with Gasteiger partial charge in [0.15, 0.2) is 11.4 Å². The van der Waals surface area contributed by atoms with E-state index in [1.165, 1.54) is 10.9 Å². The third kappa shape index (κ3) is 3.04. The number of carboxylic acids is 1. The number of hydrogen-bond acceptors (Lipinski definition) is 4. The first-order valence-electron chi connectivity index (χ1n) is 7.66. The molecule has 2 heterocycles. The molecule has 0 aliphatic carbocycles. The Morgan fingerprint density at radius 1 is 1.29 bits per heavy atom. The van der Waals surface area contributed by atoms with Crippen LogP contribution in [0.5, 0.6) is 0 Å². The van der Waals surface area contributed by atoms with Crippen molar-refractivity contribution >= 4 is 17.7 Å². The van der Waals surface area contributed by atoms with Gasteiger partial charge in [-0.05, 0) is 34.6 Å². The quantitative estimate of drug-likeness (QED) is 0.868. The number of aliphatic carboxylic acids is 1. The van der Waals surface area contributed by atoms with Crippen LogP contribution in [0.3, 0.4) is 0 Å². The molecule has 0 saturated carbocycles. The van der Waals surface area contributed by atoms with Gasteiger partial charge in [0.25, 0.3) is 0 Å². The van der Waals surface area contributed by atoms with Crippen LogP contribution in [-0.2, 0) is 22.2 Å². The summed E-state index contributed by atoms with van der Waals surface area (Å²) < 4.78 is 3.06. The standard InChI is InChI=1S/C16H23N5O3/c1-9(13-10(2)18-20(6)11(13)3)14(22)17-12-7-8-21(19-12)16(4,5)15(23)24/h7-9H,1-6H3,(H,23,24)(H,17,19,22). The average molecular weight is 333 g/mol. The van der Waals surface area contributed by atoms with Crippen molar-refractivity contribution in [2.75, 3.05) is 5.32 Å². The number of nitrogens with zero attached hydrogens (tertiary/aromatic N) is 4. The second-order valence-electron chi connectivity index (χ2n) is 6.43. The fourth-order valence-corrected chi connectivity index (χ4v) is 2.58. The molecular formula is C16H23N5O3. The molecule has 0 spiro atoms. The van der Waals surface area contributed by atoms with Gasteiger partial charge in [0.05, 0.1) is 11.6 Å². The van der Waals surface area contributed by atoms with Crippen LogP contribution < -0.4 is 5.32 Å². The van der Waals surface area contributed by atoms with E-state index in [4.69, 9.17) is 0 Å². The highest BCUT2D eigenvalue weighted by Gasteiger charge is 2.30. The van der Waals surface area contributed by atoms with Crippen LogP contribution in [0.4, 0.5) is 5.82 Å². The molecule has 0 aliphatic rings. The number of anilines is 1. The number of hydrogen-bond donors (Lipinski definition) is 2. The van der Waals surface area contributed by atoms with E-state index in [1.807, 2.05) is 27.8 Å². The van der Waals surface area contributed by atoms with Crippen molar-refractivity contribution in [3.8, 4) is 0 Å². The first-order valence-corrected chi connectivity index (χ1v) is 7.66. The number of carbonyl (C=O) groups is 2. The Hall–Kier alpha value is -2.64. The van der Waals surface area contributed by atoms with Gasteiger partial charge in [-0.15, -0.1) is 0 Å². The van der Waals surface area contributed by atoms with E-state index in [-0.39, 0.29) is 5.91 Å². The van der Waals surface area contributed by atoms with E-state index in [2.05, 4.69) is 15.5 Å². The fourth-order valence-electron chi connectivity index (χ4n) is 2.58. The molecule has 2 N–H and O–H groups in total. The van der Waals surface area contributed by atoms with Crippen molar-refractivity contribution in [2.45, 2.75) is 46.1 Å². The maximum atomic E-state index is 12.5. The maximum Gasteiger partial charge on any atom is 0.331 e. The second kappa shape index (κ2) is 6.10. The molecule has 8 heteroatoms. The minimum absolute atomic E-state index is 0.215. The largest absolute Gasteiger partial charge is 0.479 e. The Bertz CT molecular complexity index is 788. The SMILES string of the molecule is Cc1nn(C)c(C)c1C(C)C(=O)Nc1ccn(C(C)(C)C(=O)O)n1. The third-order valence-corrected chi connectivity index (χ3v) is 4.33. The molecule has 0 fully saturated rings. The molecule has 1 unspecified atom stereocenters. The van der Waals surface area contributed by atoms with Gasteiger partial charge >= 0.3 is 5.97 Å². The molecule has 130 valence electrons. The Labute approximate surface area is 140 Å². The van der Waals surface area contributed by atoms with Crippen LogP contribution >= 0.6 is 0 Å². The summed E-state index contributed by atoms with van der Waals surface area (Å²) in [5.74, 6) is -1.29. The summed E-state index contributed by atoms with van der Waals surface area (Å²) in [6.07, 6.45) is 1.54. The van der Waals surface area contributed by atoms with Crippen molar-refractivity contribution in [1.29, 1.82) is 0 Å². The molecule has 8 nitrogen and oxygen atoms in total. The van der Waals surface area contributed by atoms with E-state index in [0.717, 1.165) is 17.0 Å². The number of rotatable bonds is 5.